The number of ether oxygens (including phenoxy) is 1. The van der Waals surface area contributed by atoms with Crippen molar-refractivity contribution in [2.24, 2.45) is 5.92 Å². The summed E-state index contributed by atoms with van der Waals surface area (Å²) in [7, 11) is 0. The Bertz CT molecular complexity index is 326. The first-order chi connectivity index (χ1) is 6.75. The van der Waals surface area contributed by atoms with Crippen molar-refractivity contribution in [3.8, 4) is 5.88 Å². The third-order valence-electron chi connectivity index (χ3n) is 2.31. The molecule has 0 aliphatic heterocycles. The minimum absolute atomic E-state index is 0.550. The van der Waals surface area contributed by atoms with Gasteiger partial charge in [-0.3, -0.25) is 0 Å². The fourth-order valence-corrected chi connectivity index (χ4v) is 1.64. The maximum Gasteiger partial charge on any atom is 0.237 e. The van der Waals surface area contributed by atoms with Crippen molar-refractivity contribution in [3.63, 3.8) is 0 Å². The van der Waals surface area contributed by atoms with Crippen LogP contribution in [0.3, 0.4) is 0 Å². The minimum Gasteiger partial charge on any atom is -0.476 e. The molecule has 1 saturated carbocycles. The van der Waals surface area contributed by atoms with E-state index in [4.69, 9.17) is 10.5 Å². The van der Waals surface area contributed by atoms with Crippen LogP contribution >= 0.6 is 15.9 Å². The van der Waals surface area contributed by atoms with Crippen molar-refractivity contribution < 1.29 is 4.74 Å². The van der Waals surface area contributed by atoms with Gasteiger partial charge >= 0.3 is 0 Å². The summed E-state index contributed by atoms with van der Waals surface area (Å²) in [4.78, 5) is 4.10. The van der Waals surface area contributed by atoms with Gasteiger partial charge in [-0.05, 0) is 34.3 Å². The van der Waals surface area contributed by atoms with Gasteiger partial charge in [0.25, 0.3) is 0 Å². The topological polar surface area (TPSA) is 48.1 Å². The number of aromatic nitrogens is 1. The average molecular weight is 257 g/mol. The second kappa shape index (κ2) is 4.17. The Morgan fingerprint density at radius 1 is 1.57 bits per heavy atom. The Morgan fingerprint density at radius 2 is 2.36 bits per heavy atom. The van der Waals surface area contributed by atoms with Gasteiger partial charge in [-0.15, -0.1) is 0 Å². The van der Waals surface area contributed by atoms with Crippen LogP contribution in [0.25, 0.3) is 0 Å². The quantitative estimate of drug-likeness (QED) is 0.901. The molecule has 0 atom stereocenters. The van der Waals surface area contributed by atoms with Crippen molar-refractivity contribution in [2.75, 3.05) is 12.3 Å². The van der Waals surface area contributed by atoms with Crippen LogP contribution in [0.4, 0.5) is 5.69 Å². The lowest BCUT2D eigenvalue weighted by atomic mass is 10.3. The third-order valence-corrected chi connectivity index (χ3v) is 2.74. The summed E-state index contributed by atoms with van der Waals surface area (Å²) in [5.74, 6) is 1.43. The normalized spacial score (nSPS) is 15.5. The molecule has 0 bridgehead atoms. The van der Waals surface area contributed by atoms with Crippen LogP contribution in [0.2, 0.25) is 0 Å². The number of hydrogen-bond acceptors (Lipinski definition) is 3. The van der Waals surface area contributed by atoms with Crippen LogP contribution in [0.1, 0.15) is 19.3 Å². The highest BCUT2D eigenvalue weighted by Crippen LogP contribution is 2.32. The van der Waals surface area contributed by atoms with Gasteiger partial charge in [-0.25, -0.2) is 4.98 Å². The van der Waals surface area contributed by atoms with Gasteiger partial charge in [0.1, 0.15) is 0 Å². The molecule has 0 radical (unpaired) electrons. The van der Waals surface area contributed by atoms with E-state index in [-0.39, 0.29) is 0 Å². The Morgan fingerprint density at radius 3 is 3.00 bits per heavy atom. The maximum absolute atomic E-state index is 5.74. The third kappa shape index (κ3) is 2.61. The monoisotopic (exact) mass is 256 g/mol. The second-order valence-electron chi connectivity index (χ2n) is 3.63. The molecule has 1 aromatic heterocycles. The molecule has 1 aliphatic carbocycles. The number of halogens is 1. The predicted molar refractivity (Wildman–Crippen MR) is 59.2 cm³/mol. The molecule has 2 N–H and O–H groups in total. The van der Waals surface area contributed by atoms with E-state index >= 15 is 0 Å². The first-order valence-corrected chi connectivity index (χ1v) is 5.59. The van der Waals surface area contributed by atoms with Crippen LogP contribution in [0.5, 0.6) is 5.88 Å². The Hall–Kier alpha value is -0.770. The van der Waals surface area contributed by atoms with Gasteiger partial charge in [0.05, 0.1) is 12.3 Å². The molecule has 2 rings (SSSR count). The summed E-state index contributed by atoms with van der Waals surface area (Å²) in [6, 6.07) is 1.81. The SMILES string of the molecule is Nc1cc(Br)cnc1OCCC1CC1. The number of nitrogen functional groups attached to an aromatic ring is 1. The number of hydrogen-bond donors (Lipinski definition) is 1. The van der Waals surface area contributed by atoms with Gasteiger partial charge in [-0.1, -0.05) is 12.8 Å². The molecule has 76 valence electrons. The largest absolute Gasteiger partial charge is 0.476 e. The van der Waals surface area contributed by atoms with Crippen LogP contribution < -0.4 is 10.5 Å². The van der Waals surface area contributed by atoms with E-state index < -0.39 is 0 Å². The maximum atomic E-state index is 5.74. The zero-order valence-electron chi connectivity index (χ0n) is 7.87. The smallest absolute Gasteiger partial charge is 0.237 e. The summed E-state index contributed by atoms with van der Waals surface area (Å²) < 4.78 is 6.36. The Labute approximate surface area is 91.8 Å². The van der Waals surface area contributed by atoms with Gasteiger partial charge in [0.15, 0.2) is 0 Å². The second-order valence-corrected chi connectivity index (χ2v) is 4.54. The van der Waals surface area contributed by atoms with E-state index in [1.807, 2.05) is 0 Å². The highest BCUT2D eigenvalue weighted by Gasteiger charge is 2.20. The first-order valence-electron chi connectivity index (χ1n) is 4.79. The van der Waals surface area contributed by atoms with Crippen LogP contribution in [-0.4, -0.2) is 11.6 Å². The molecule has 1 aliphatic rings. The lowest BCUT2D eigenvalue weighted by Crippen LogP contribution is -2.02. The predicted octanol–water partition coefficient (Wildman–Crippen LogP) is 2.61. The molecular weight excluding hydrogens is 244 g/mol. The molecule has 4 heteroatoms. The fraction of sp³-hybridized carbons (Fsp3) is 0.500. The van der Waals surface area contributed by atoms with Crippen LogP contribution in [-0.2, 0) is 0 Å². The Balaban J connectivity index is 1.87. The number of rotatable bonds is 4. The van der Waals surface area contributed by atoms with Gasteiger partial charge in [0, 0.05) is 10.7 Å². The number of pyridine rings is 1. The molecule has 3 nitrogen and oxygen atoms in total. The van der Waals surface area contributed by atoms with Crippen LogP contribution in [0, 0.1) is 5.92 Å². The molecule has 0 saturated heterocycles. The van der Waals surface area contributed by atoms with Crippen molar-refractivity contribution in [1.29, 1.82) is 0 Å². The summed E-state index contributed by atoms with van der Waals surface area (Å²) in [6.07, 6.45) is 5.53. The van der Waals surface area contributed by atoms with Gasteiger partial charge in [0.2, 0.25) is 5.88 Å². The molecule has 1 aromatic rings. The van der Waals surface area contributed by atoms with Crippen LogP contribution in [0.15, 0.2) is 16.7 Å². The lowest BCUT2D eigenvalue weighted by molar-refractivity contribution is 0.293. The zero-order valence-corrected chi connectivity index (χ0v) is 9.46. The van der Waals surface area contributed by atoms with Crippen molar-refractivity contribution >= 4 is 21.6 Å². The summed E-state index contributed by atoms with van der Waals surface area (Å²) in [5, 5.41) is 0. The number of nitrogens with zero attached hydrogens (tertiary/aromatic N) is 1. The molecule has 14 heavy (non-hydrogen) atoms. The highest BCUT2D eigenvalue weighted by atomic mass is 79.9. The van der Waals surface area contributed by atoms with Crippen molar-refractivity contribution in [1.82, 2.24) is 4.98 Å². The van der Waals surface area contributed by atoms with Gasteiger partial charge < -0.3 is 10.5 Å². The highest BCUT2D eigenvalue weighted by molar-refractivity contribution is 9.10. The standard InChI is InChI=1S/C10H13BrN2O/c11-8-5-9(12)10(13-6-8)14-4-3-7-1-2-7/h5-7H,1-4,12H2. The van der Waals surface area contributed by atoms with Crippen molar-refractivity contribution in [2.45, 2.75) is 19.3 Å². The molecule has 0 unspecified atom stereocenters. The zero-order chi connectivity index (χ0) is 9.97. The Kier molecular flexibility index (Phi) is 2.91. The van der Waals surface area contributed by atoms with E-state index in [2.05, 4.69) is 20.9 Å². The molecule has 0 amide bonds. The lowest BCUT2D eigenvalue weighted by Gasteiger charge is -2.06. The number of anilines is 1. The molecule has 0 spiro atoms. The van der Waals surface area contributed by atoms with E-state index in [1.165, 1.54) is 12.8 Å². The van der Waals surface area contributed by atoms with E-state index in [9.17, 15) is 0 Å². The number of nitrogens with two attached hydrogens (primary N) is 1. The fourth-order valence-electron chi connectivity index (χ4n) is 1.29. The van der Waals surface area contributed by atoms with E-state index in [0.717, 1.165) is 23.4 Å². The molecule has 1 heterocycles. The molecular formula is C10H13BrN2O. The summed E-state index contributed by atoms with van der Waals surface area (Å²) in [5.41, 5.74) is 6.33. The minimum atomic E-state index is 0.550. The average Bonchev–Trinajstić information content (AvgIpc) is 2.92. The van der Waals surface area contributed by atoms with Gasteiger partial charge in [-0.2, -0.15) is 0 Å². The summed E-state index contributed by atoms with van der Waals surface area (Å²) in [6.45, 7) is 0.726. The van der Waals surface area contributed by atoms with Crippen molar-refractivity contribution in [3.05, 3.63) is 16.7 Å². The van der Waals surface area contributed by atoms with E-state index in [0.29, 0.717) is 11.6 Å². The molecule has 0 aromatic carbocycles. The first kappa shape index (κ1) is 9.77. The summed E-state index contributed by atoms with van der Waals surface area (Å²) >= 11 is 3.30. The van der Waals surface area contributed by atoms with E-state index in [1.54, 1.807) is 12.3 Å². The molecule has 1 fully saturated rings.